The van der Waals surface area contributed by atoms with Gasteiger partial charge in [-0.25, -0.2) is 0 Å². The van der Waals surface area contributed by atoms with Gasteiger partial charge in [0, 0.05) is 18.0 Å². The zero-order chi connectivity index (χ0) is 13.0. The second kappa shape index (κ2) is 6.05. The molecule has 2 N–H and O–H groups in total. The largest absolute Gasteiger partial charge is 0.355 e. The maximum absolute atomic E-state index is 12.3. The Kier molecular flexibility index (Phi) is 4.66. The molecule has 1 heterocycles. The van der Waals surface area contributed by atoms with Gasteiger partial charge in [-0.05, 0) is 45.1 Å². The first-order valence-corrected chi connectivity index (χ1v) is 7.62. The Morgan fingerprint density at radius 1 is 1.28 bits per heavy atom. The molecule has 3 heteroatoms. The first-order valence-electron chi connectivity index (χ1n) is 7.62. The Morgan fingerprint density at radius 2 is 2.00 bits per heavy atom. The van der Waals surface area contributed by atoms with Crippen LogP contribution in [0.4, 0.5) is 0 Å². The van der Waals surface area contributed by atoms with Crippen LogP contribution < -0.4 is 10.6 Å². The fourth-order valence-corrected chi connectivity index (χ4v) is 3.24. The van der Waals surface area contributed by atoms with E-state index in [0.717, 1.165) is 25.9 Å². The van der Waals surface area contributed by atoms with Crippen LogP contribution in [0.1, 0.15) is 58.8 Å². The van der Waals surface area contributed by atoms with Gasteiger partial charge < -0.3 is 10.6 Å². The Hall–Kier alpha value is -0.570. The van der Waals surface area contributed by atoms with Crippen LogP contribution in [0, 0.1) is 11.3 Å². The van der Waals surface area contributed by atoms with Crippen LogP contribution in [0.3, 0.4) is 0 Å². The molecule has 2 rings (SSSR count). The zero-order valence-corrected chi connectivity index (χ0v) is 11.9. The van der Waals surface area contributed by atoms with Crippen molar-refractivity contribution < 1.29 is 4.79 Å². The van der Waals surface area contributed by atoms with Gasteiger partial charge >= 0.3 is 0 Å². The van der Waals surface area contributed by atoms with Crippen molar-refractivity contribution in [1.82, 2.24) is 10.6 Å². The summed E-state index contributed by atoms with van der Waals surface area (Å²) in [6, 6.07) is 0.646. The molecular weight excluding hydrogens is 224 g/mol. The molecular formula is C15H28N2O. The molecule has 2 atom stereocenters. The highest BCUT2D eigenvalue weighted by molar-refractivity contribution is 5.82. The minimum atomic E-state index is -0.0896. The zero-order valence-electron chi connectivity index (χ0n) is 11.9. The predicted molar refractivity (Wildman–Crippen MR) is 74.4 cm³/mol. The van der Waals surface area contributed by atoms with E-state index >= 15 is 0 Å². The maximum Gasteiger partial charge on any atom is 0.225 e. The molecule has 2 aliphatic rings. The number of carbonyl (C=O) groups is 1. The van der Waals surface area contributed by atoms with Crippen LogP contribution in [0.15, 0.2) is 0 Å². The molecule has 0 aromatic rings. The summed E-state index contributed by atoms with van der Waals surface area (Å²) in [5.74, 6) is 0.915. The number of hydrogen-bond donors (Lipinski definition) is 2. The summed E-state index contributed by atoms with van der Waals surface area (Å²) in [6.45, 7) is 6.28. The van der Waals surface area contributed by atoms with E-state index in [9.17, 15) is 4.79 Å². The Morgan fingerprint density at radius 3 is 2.61 bits per heavy atom. The Labute approximate surface area is 111 Å². The van der Waals surface area contributed by atoms with E-state index in [0.29, 0.717) is 17.9 Å². The molecule has 2 unspecified atom stereocenters. The first kappa shape index (κ1) is 13.9. The van der Waals surface area contributed by atoms with Crippen LogP contribution >= 0.6 is 0 Å². The molecule has 18 heavy (non-hydrogen) atoms. The third kappa shape index (κ3) is 3.47. The van der Waals surface area contributed by atoms with Gasteiger partial charge in [-0.1, -0.05) is 26.2 Å². The van der Waals surface area contributed by atoms with E-state index in [1.54, 1.807) is 0 Å². The number of rotatable bonds is 3. The highest BCUT2D eigenvalue weighted by Gasteiger charge is 2.34. The SMILES string of the molecule is CC1CCC(CNC(=O)C2(C)CCCCC2)CN1. The summed E-state index contributed by atoms with van der Waals surface area (Å²) in [7, 11) is 0. The molecule has 0 aromatic carbocycles. The Balaban J connectivity index is 1.74. The van der Waals surface area contributed by atoms with Crippen molar-refractivity contribution in [2.45, 2.75) is 64.8 Å². The lowest BCUT2D eigenvalue weighted by molar-refractivity contribution is -0.132. The lowest BCUT2D eigenvalue weighted by Crippen LogP contribution is -2.46. The van der Waals surface area contributed by atoms with E-state index in [2.05, 4.69) is 24.5 Å². The average molecular weight is 252 g/mol. The summed E-state index contributed by atoms with van der Waals surface area (Å²) in [4.78, 5) is 12.3. The van der Waals surface area contributed by atoms with Crippen molar-refractivity contribution >= 4 is 5.91 Å². The standard InChI is InChI=1S/C15H28N2O/c1-12-6-7-13(10-16-12)11-17-14(18)15(2)8-4-3-5-9-15/h12-13,16H,3-11H2,1-2H3,(H,17,18). The summed E-state index contributed by atoms with van der Waals surface area (Å²) in [5, 5.41) is 6.69. The number of nitrogens with one attached hydrogen (secondary N) is 2. The molecule has 1 aliphatic carbocycles. The van der Waals surface area contributed by atoms with Crippen molar-refractivity contribution in [3.05, 3.63) is 0 Å². The van der Waals surface area contributed by atoms with E-state index in [-0.39, 0.29) is 5.41 Å². The van der Waals surface area contributed by atoms with Crippen LogP contribution in [0.25, 0.3) is 0 Å². The second-order valence-corrected chi connectivity index (χ2v) is 6.58. The van der Waals surface area contributed by atoms with E-state index in [1.807, 2.05) is 0 Å². The number of piperidine rings is 1. The van der Waals surface area contributed by atoms with Gasteiger partial charge in [0.15, 0.2) is 0 Å². The Bertz CT molecular complexity index is 276. The molecule has 1 saturated carbocycles. The van der Waals surface area contributed by atoms with Crippen LogP contribution in [-0.2, 0) is 4.79 Å². The van der Waals surface area contributed by atoms with Gasteiger partial charge in [-0.2, -0.15) is 0 Å². The number of carbonyl (C=O) groups excluding carboxylic acids is 1. The second-order valence-electron chi connectivity index (χ2n) is 6.58. The van der Waals surface area contributed by atoms with Crippen LogP contribution in [-0.4, -0.2) is 25.0 Å². The molecule has 0 aromatic heterocycles. The molecule has 1 aliphatic heterocycles. The third-order valence-electron chi connectivity index (χ3n) is 4.82. The van der Waals surface area contributed by atoms with Crippen molar-refractivity contribution in [3.8, 4) is 0 Å². The number of amides is 1. The first-order chi connectivity index (χ1) is 8.60. The smallest absolute Gasteiger partial charge is 0.225 e. The maximum atomic E-state index is 12.3. The van der Waals surface area contributed by atoms with Crippen LogP contribution in [0.5, 0.6) is 0 Å². The normalized spacial score (nSPS) is 31.9. The molecule has 2 fully saturated rings. The van der Waals surface area contributed by atoms with Crippen molar-refractivity contribution in [1.29, 1.82) is 0 Å². The minimum absolute atomic E-state index is 0.0896. The molecule has 1 saturated heterocycles. The lowest BCUT2D eigenvalue weighted by Gasteiger charge is -2.33. The minimum Gasteiger partial charge on any atom is -0.355 e. The van der Waals surface area contributed by atoms with Crippen LogP contribution in [0.2, 0.25) is 0 Å². The highest BCUT2D eigenvalue weighted by atomic mass is 16.2. The fourth-order valence-electron chi connectivity index (χ4n) is 3.24. The van der Waals surface area contributed by atoms with Crippen molar-refractivity contribution in [2.24, 2.45) is 11.3 Å². The van der Waals surface area contributed by atoms with Gasteiger partial charge in [-0.3, -0.25) is 4.79 Å². The fraction of sp³-hybridized carbons (Fsp3) is 0.933. The van der Waals surface area contributed by atoms with Gasteiger partial charge in [-0.15, -0.1) is 0 Å². The average Bonchev–Trinajstić information content (AvgIpc) is 2.38. The van der Waals surface area contributed by atoms with Crippen molar-refractivity contribution in [2.75, 3.05) is 13.1 Å². The lowest BCUT2D eigenvalue weighted by atomic mass is 9.75. The molecule has 104 valence electrons. The molecule has 1 amide bonds. The molecule has 0 bridgehead atoms. The summed E-state index contributed by atoms with van der Waals surface area (Å²) in [5.41, 5.74) is -0.0896. The topological polar surface area (TPSA) is 41.1 Å². The number of hydrogen-bond acceptors (Lipinski definition) is 2. The van der Waals surface area contributed by atoms with E-state index < -0.39 is 0 Å². The highest BCUT2D eigenvalue weighted by Crippen LogP contribution is 2.35. The summed E-state index contributed by atoms with van der Waals surface area (Å²) in [6.07, 6.45) is 8.34. The molecule has 0 radical (unpaired) electrons. The van der Waals surface area contributed by atoms with Gasteiger partial charge in [0.1, 0.15) is 0 Å². The van der Waals surface area contributed by atoms with Gasteiger partial charge in [0.2, 0.25) is 5.91 Å². The molecule has 3 nitrogen and oxygen atoms in total. The quantitative estimate of drug-likeness (QED) is 0.810. The summed E-state index contributed by atoms with van der Waals surface area (Å²) >= 11 is 0. The van der Waals surface area contributed by atoms with E-state index in [4.69, 9.17) is 0 Å². The summed E-state index contributed by atoms with van der Waals surface area (Å²) < 4.78 is 0. The molecule has 0 spiro atoms. The van der Waals surface area contributed by atoms with E-state index in [1.165, 1.54) is 32.1 Å². The predicted octanol–water partition coefficient (Wildman–Crippen LogP) is 2.46. The monoisotopic (exact) mass is 252 g/mol. The third-order valence-corrected chi connectivity index (χ3v) is 4.82. The van der Waals surface area contributed by atoms with Gasteiger partial charge in [0.25, 0.3) is 0 Å². The van der Waals surface area contributed by atoms with Crippen molar-refractivity contribution in [3.63, 3.8) is 0 Å². The van der Waals surface area contributed by atoms with Gasteiger partial charge in [0.05, 0.1) is 0 Å².